The average Bonchev–Trinajstić information content (AvgIpc) is 2.88. The zero-order chi connectivity index (χ0) is 25.5. The number of rotatable bonds is 8. The molecule has 0 unspecified atom stereocenters. The third-order valence-corrected chi connectivity index (χ3v) is 7.91. The number of likely N-dealkylation sites (tertiary alicyclic amines) is 2. The maximum atomic E-state index is 13.5. The summed E-state index contributed by atoms with van der Waals surface area (Å²) in [5.74, 6) is 0.604. The number of hydrogen-bond acceptors (Lipinski definition) is 3. The molecule has 0 N–H and O–H groups in total. The quantitative estimate of drug-likeness (QED) is 0.473. The summed E-state index contributed by atoms with van der Waals surface area (Å²) in [4.78, 5) is 31.5. The fraction of sp³-hybridized carbons (Fsp3) is 0.517. The number of carbonyl (C=O) groups excluding carboxylic acids is 2. The molecule has 0 radical (unpaired) electrons. The first-order chi connectivity index (χ1) is 17.4. The van der Waals surface area contributed by atoms with E-state index < -0.39 is 0 Å². The number of halogens is 2. The monoisotopic (exact) mass is 513 g/mol. The molecule has 7 heteroatoms. The zero-order valence-corrected chi connectivity index (χ0v) is 21.9. The minimum absolute atomic E-state index is 0.0678. The molecular formula is C29H37ClFN3O2. The maximum Gasteiger partial charge on any atom is 0.230 e. The molecule has 2 fully saturated rings. The summed E-state index contributed by atoms with van der Waals surface area (Å²) in [7, 11) is 0. The van der Waals surface area contributed by atoms with Gasteiger partial charge >= 0.3 is 0 Å². The Balaban J connectivity index is 1.28. The molecule has 0 aliphatic carbocycles. The summed E-state index contributed by atoms with van der Waals surface area (Å²) >= 11 is 6.26. The molecule has 36 heavy (non-hydrogen) atoms. The summed E-state index contributed by atoms with van der Waals surface area (Å²) in [6, 6.07) is 14.4. The van der Waals surface area contributed by atoms with Crippen LogP contribution < -0.4 is 4.90 Å². The SMILES string of the molecule is CC(=O)N1CCC(C(=O)N(CCCN2CCC(Cc3ccc(F)cc3)CC2)c2cccc(Cl)c2)CC1. The van der Waals surface area contributed by atoms with Gasteiger partial charge in [-0.3, -0.25) is 9.59 Å². The van der Waals surface area contributed by atoms with Crippen molar-refractivity contribution in [3.05, 3.63) is 64.9 Å². The lowest BCUT2D eigenvalue weighted by Crippen LogP contribution is -2.45. The molecule has 2 saturated heterocycles. The molecule has 2 heterocycles. The molecular weight excluding hydrogens is 477 g/mol. The molecule has 0 atom stereocenters. The van der Waals surface area contributed by atoms with Crippen LogP contribution in [0.1, 0.15) is 44.6 Å². The average molecular weight is 514 g/mol. The fourth-order valence-electron chi connectivity index (χ4n) is 5.49. The first kappa shape index (κ1) is 26.6. The minimum atomic E-state index is -0.180. The van der Waals surface area contributed by atoms with Crippen molar-refractivity contribution in [2.24, 2.45) is 11.8 Å². The normalized spacial score (nSPS) is 17.8. The second kappa shape index (κ2) is 12.7. The summed E-state index contributed by atoms with van der Waals surface area (Å²) in [5.41, 5.74) is 2.05. The highest BCUT2D eigenvalue weighted by molar-refractivity contribution is 6.30. The lowest BCUT2D eigenvalue weighted by Gasteiger charge is -2.35. The largest absolute Gasteiger partial charge is 0.343 e. The van der Waals surface area contributed by atoms with Crippen molar-refractivity contribution >= 4 is 29.1 Å². The first-order valence-corrected chi connectivity index (χ1v) is 13.6. The Morgan fingerprint density at radius 1 is 1.00 bits per heavy atom. The second-order valence-electron chi connectivity index (χ2n) is 10.2. The maximum absolute atomic E-state index is 13.5. The van der Waals surface area contributed by atoms with Gasteiger partial charge < -0.3 is 14.7 Å². The van der Waals surface area contributed by atoms with Gasteiger partial charge in [0.1, 0.15) is 5.82 Å². The van der Waals surface area contributed by atoms with Crippen molar-refractivity contribution in [1.29, 1.82) is 0 Å². The van der Waals surface area contributed by atoms with Gasteiger partial charge in [-0.2, -0.15) is 0 Å². The highest BCUT2D eigenvalue weighted by Crippen LogP contribution is 2.27. The molecule has 5 nitrogen and oxygen atoms in total. The van der Waals surface area contributed by atoms with Crippen LogP contribution in [0.5, 0.6) is 0 Å². The molecule has 2 amide bonds. The molecule has 2 aromatic carbocycles. The van der Waals surface area contributed by atoms with E-state index in [2.05, 4.69) is 4.90 Å². The zero-order valence-electron chi connectivity index (χ0n) is 21.2. The molecule has 0 aromatic heterocycles. The predicted octanol–water partition coefficient (Wildman–Crippen LogP) is 5.42. The topological polar surface area (TPSA) is 43.9 Å². The Morgan fingerprint density at radius 2 is 1.69 bits per heavy atom. The summed E-state index contributed by atoms with van der Waals surface area (Å²) in [5, 5.41) is 0.625. The van der Waals surface area contributed by atoms with E-state index in [1.54, 1.807) is 19.1 Å². The first-order valence-electron chi connectivity index (χ1n) is 13.2. The van der Waals surface area contributed by atoms with Crippen molar-refractivity contribution in [1.82, 2.24) is 9.80 Å². The van der Waals surface area contributed by atoms with Gasteiger partial charge in [-0.1, -0.05) is 29.8 Å². The smallest absolute Gasteiger partial charge is 0.230 e. The highest BCUT2D eigenvalue weighted by Gasteiger charge is 2.30. The predicted molar refractivity (Wildman–Crippen MR) is 143 cm³/mol. The second-order valence-corrected chi connectivity index (χ2v) is 10.7. The summed E-state index contributed by atoms with van der Waals surface area (Å²) in [6.07, 6.45) is 5.60. The summed E-state index contributed by atoms with van der Waals surface area (Å²) in [6.45, 7) is 6.59. The number of nitrogens with zero attached hydrogens (tertiary/aromatic N) is 3. The number of carbonyl (C=O) groups is 2. The van der Waals surface area contributed by atoms with Crippen LogP contribution in [-0.4, -0.2) is 60.9 Å². The van der Waals surface area contributed by atoms with E-state index in [9.17, 15) is 14.0 Å². The minimum Gasteiger partial charge on any atom is -0.343 e. The van der Waals surface area contributed by atoms with Gasteiger partial charge in [-0.15, -0.1) is 0 Å². The van der Waals surface area contributed by atoms with Crippen molar-refractivity contribution in [2.45, 2.75) is 45.4 Å². The number of benzene rings is 2. The molecule has 2 aliphatic rings. The third kappa shape index (κ3) is 7.30. The number of hydrogen-bond donors (Lipinski definition) is 0. The van der Waals surface area contributed by atoms with Gasteiger partial charge in [0.25, 0.3) is 0 Å². The third-order valence-electron chi connectivity index (χ3n) is 7.68. The molecule has 2 aliphatic heterocycles. The number of amides is 2. The molecule has 0 saturated carbocycles. The Bertz CT molecular complexity index is 1020. The number of anilines is 1. The van der Waals surface area contributed by atoms with Crippen molar-refractivity contribution in [2.75, 3.05) is 44.2 Å². The van der Waals surface area contributed by atoms with Gasteiger partial charge in [0, 0.05) is 43.2 Å². The van der Waals surface area contributed by atoms with Crippen LogP contribution >= 0.6 is 11.6 Å². The van der Waals surface area contributed by atoms with Gasteiger partial charge in [0.2, 0.25) is 11.8 Å². The molecule has 0 bridgehead atoms. The lowest BCUT2D eigenvalue weighted by molar-refractivity contribution is -0.133. The molecule has 0 spiro atoms. The van der Waals surface area contributed by atoms with Crippen molar-refractivity contribution in [3.63, 3.8) is 0 Å². The van der Waals surface area contributed by atoms with Gasteiger partial charge in [0.15, 0.2) is 0 Å². The Morgan fingerprint density at radius 3 is 2.33 bits per heavy atom. The van der Waals surface area contributed by atoms with Crippen LogP contribution in [-0.2, 0) is 16.0 Å². The van der Waals surface area contributed by atoms with Crippen LogP contribution in [0.4, 0.5) is 10.1 Å². The highest BCUT2D eigenvalue weighted by atomic mass is 35.5. The standard InChI is InChI=1S/C29H37ClFN3O2/c1-22(35)33-18-12-25(13-19-33)29(36)34(28-5-2-4-26(30)21-28)15-3-14-32-16-10-24(11-17-32)20-23-6-8-27(31)9-7-23/h2,4-9,21,24-25H,3,10-20H2,1H3. The fourth-order valence-corrected chi connectivity index (χ4v) is 5.68. The van der Waals surface area contributed by atoms with E-state index in [0.717, 1.165) is 51.0 Å². The van der Waals surface area contributed by atoms with Crippen LogP contribution in [0.2, 0.25) is 5.02 Å². The molecule has 194 valence electrons. The van der Waals surface area contributed by atoms with Gasteiger partial charge in [-0.25, -0.2) is 4.39 Å². The Kier molecular flexibility index (Phi) is 9.38. The number of piperidine rings is 2. The van der Waals surface area contributed by atoms with Crippen LogP contribution in [0.15, 0.2) is 48.5 Å². The van der Waals surface area contributed by atoms with E-state index >= 15 is 0 Å². The Hall–Kier alpha value is -2.44. The molecule has 2 aromatic rings. The van der Waals surface area contributed by atoms with E-state index in [0.29, 0.717) is 43.4 Å². The van der Waals surface area contributed by atoms with E-state index in [1.165, 1.54) is 5.56 Å². The van der Waals surface area contributed by atoms with E-state index in [1.807, 2.05) is 46.2 Å². The van der Waals surface area contributed by atoms with Crippen LogP contribution in [0, 0.1) is 17.7 Å². The van der Waals surface area contributed by atoms with E-state index in [4.69, 9.17) is 11.6 Å². The van der Waals surface area contributed by atoms with E-state index in [-0.39, 0.29) is 23.5 Å². The van der Waals surface area contributed by atoms with Crippen LogP contribution in [0.3, 0.4) is 0 Å². The van der Waals surface area contributed by atoms with Crippen LogP contribution in [0.25, 0.3) is 0 Å². The van der Waals surface area contributed by atoms with Crippen molar-refractivity contribution < 1.29 is 14.0 Å². The lowest BCUT2D eigenvalue weighted by atomic mass is 9.90. The van der Waals surface area contributed by atoms with Crippen molar-refractivity contribution in [3.8, 4) is 0 Å². The van der Waals surface area contributed by atoms with Gasteiger partial charge in [-0.05, 0) is 100.0 Å². The molecule has 4 rings (SSSR count). The van der Waals surface area contributed by atoms with Gasteiger partial charge in [0.05, 0.1) is 0 Å². The Labute approximate surface area is 219 Å². The summed E-state index contributed by atoms with van der Waals surface area (Å²) < 4.78 is 13.2.